The van der Waals surface area contributed by atoms with Gasteiger partial charge in [0.2, 0.25) is 0 Å². The Morgan fingerprint density at radius 3 is 2.35 bits per heavy atom. The van der Waals surface area contributed by atoms with Gasteiger partial charge in [0.15, 0.2) is 5.16 Å². The molecule has 0 aliphatic carbocycles. The van der Waals surface area contributed by atoms with E-state index in [0.717, 1.165) is 17.8 Å². The molecule has 0 bridgehead atoms. The molecule has 8 heteroatoms. The smallest absolute Gasteiger partial charge is 0.416 e. The maximum atomic E-state index is 13.4. The number of fused-ring (bicyclic) bond motifs is 1. The number of hydrogen-bond donors (Lipinski definition) is 0. The average molecular weight is 442 g/mol. The zero-order chi connectivity index (χ0) is 22.0. The molecule has 0 aliphatic heterocycles. The molecule has 158 valence electrons. The molecule has 0 radical (unpaired) electrons. The Morgan fingerprint density at radius 2 is 1.65 bits per heavy atom. The number of halogens is 3. The lowest BCUT2D eigenvalue weighted by Gasteiger charge is -2.15. The lowest BCUT2D eigenvalue weighted by atomic mass is 10.1. The van der Waals surface area contributed by atoms with Crippen LogP contribution in [0.25, 0.3) is 16.6 Å². The number of methoxy groups -OCH3 is 1. The van der Waals surface area contributed by atoms with E-state index in [1.807, 2.05) is 0 Å². The van der Waals surface area contributed by atoms with Crippen LogP contribution in [0.4, 0.5) is 13.2 Å². The van der Waals surface area contributed by atoms with Gasteiger partial charge in [-0.05, 0) is 48.0 Å². The summed E-state index contributed by atoms with van der Waals surface area (Å²) in [4.78, 5) is 17.8. The van der Waals surface area contributed by atoms with Crippen LogP contribution in [0.5, 0.6) is 5.75 Å². The van der Waals surface area contributed by atoms with Gasteiger partial charge in [0.1, 0.15) is 5.75 Å². The molecule has 31 heavy (non-hydrogen) atoms. The van der Waals surface area contributed by atoms with Gasteiger partial charge in [0.25, 0.3) is 5.56 Å². The quantitative estimate of drug-likeness (QED) is 0.294. The zero-order valence-electron chi connectivity index (χ0n) is 16.4. The molecule has 3 aromatic carbocycles. The lowest BCUT2D eigenvalue weighted by molar-refractivity contribution is -0.138. The number of thioether (sulfide) groups is 1. The Bertz CT molecular complexity index is 1280. The second-order valence-corrected chi connectivity index (χ2v) is 7.64. The Kier molecular flexibility index (Phi) is 5.73. The van der Waals surface area contributed by atoms with Gasteiger partial charge >= 0.3 is 6.18 Å². The molecule has 0 saturated carbocycles. The second kappa shape index (κ2) is 8.47. The molecule has 0 aliphatic rings. The third-order valence-electron chi connectivity index (χ3n) is 4.76. The van der Waals surface area contributed by atoms with Crippen molar-refractivity contribution in [3.8, 4) is 11.4 Å². The van der Waals surface area contributed by atoms with Gasteiger partial charge < -0.3 is 4.74 Å². The fraction of sp³-hybridized carbons (Fsp3) is 0.130. The van der Waals surface area contributed by atoms with Crippen molar-refractivity contribution >= 4 is 22.7 Å². The van der Waals surface area contributed by atoms with E-state index in [1.165, 1.54) is 23.8 Å². The van der Waals surface area contributed by atoms with E-state index in [4.69, 9.17) is 4.74 Å². The predicted molar refractivity (Wildman–Crippen MR) is 115 cm³/mol. The van der Waals surface area contributed by atoms with Gasteiger partial charge in [0.05, 0.1) is 29.3 Å². The number of para-hydroxylation sites is 1. The summed E-state index contributed by atoms with van der Waals surface area (Å²) in [5, 5.41) is 0.740. The van der Waals surface area contributed by atoms with Gasteiger partial charge in [-0.3, -0.25) is 9.36 Å². The molecule has 0 saturated heterocycles. The van der Waals surface area contributed by atoms with Gasteiger partial charge in [0, 0.05) is 5.75 Å². The second-order valence-electron chi connectivity index (χ2n) is 6.69. The van der Waals surface area contributed by atoms with E-state index in [-0.39, 0.29) is 16.9 Å². The van der Waals surface area contributed by atoms with Gasteiger partial charge in [-0.25, -0.2) is 4.98 Å². The van der Waals surface area contributed by atoms with Crippen molar-refractivity contribution in [1.82, 2.24) is 9.55 Å². The van der Waals surface area contributed by atoms with Crippen molar-refractivity contribution in [2.45, 2.75) is 17.1 Å². The van der Waals surface area contributed by atoms with Crippen LogP contribution < -0.4 is 10.3 Å². The third kappa shape index (κ3) is 4.29. The maximum Gasteiger partial charge on any atom is 0.416 e. The Hall–Kier alpha value is -3.26. The molecule has 0 spiro atoms. The highest BCUT2D eigenvalue weighted by atomic mass is 32.2. The molecule has 0 atom stereocenters. The summed E-state index contributed by atoms with van der Waals surface area (Å²) in [6.07, 6.45) is -4.45. The van der Waals surface area contributed by atoms with Crippen LogP contribution in [0.2, 0.25) is 0 Å². The van der Waals surface area contributed by atoms with Crippen LogP contribution in [0.3, 0.4) is 0 Å². The van der Waals surface area contributed by atoms with Crippen LogP contribution >= 0.6 is 11.8 Å². The number of nitrogens with zero attached hydrogens (tertiary/aromatic N) is 2. The zero-order valence-corrected chi connectivity index (χ0v) is 17.2. The minimum absolute atomic E-state index is 0.0105. The monoisotopic (exact) mass is 442 g/mol. The summed E-state index contributed by atoms with van der Waals surface area (Å²) in [5.74, 6) is 0.634. The van der Waals surface area contributed by atoms with Crippen molar-refractivity contribution in [3.63, 3.8) is 0 Å². The summed E-state index contributed by atoms with van der Waals surface area (Å²) >= 11 is 1.08. The Labute approximate surface area is 180 Å². The highest BCUT2D eigenvalue weighted by molar-refractivity contribution is 7.98. The van der Waals surface area contributed by atoms with Crippen molar-refractivity contribution in [2.24, 2.45) is 0 Å². The molecule has 1 aromatic heterocycles. The number of ether oxygens (including phenoxy) is 1. The first-order valence-electron chi connectivity index (χ1n) is 9.32. The largest absolute Gasteiger partial charge is 0.497 e. The highest BCUT2D eigenvalue weighted by Gasteiger charge is 2.32. The van der Waals surface area contributed by atoms with E-state index < -0.39 is 11.7 Å². The normalized spacial score (nSPS) is 11.6. The summed E-state index contributed by atoms with van der Waals surface area (Å²) in [5.41, 5.74) is 0.187. The van der Waals surface area contributed by atoms with Crippen molar-refractivity contribution < 1.29 is 17.9 Å². The molecular weight excluding hydrogens is 425 g/mol. The SMILES string of the molecule is COc1ccc(-n2c(SCc3ccccc3C(F)(F)F)nc3ccccc3c2=O)cc1. The van der Waals surface area contributed by atoms with Crippen LogP contribution in [-0.2, 0) is 11.9 Å². The predicted octanol–water partition coefficient (Wildman–Crippen LogP) is 5.71. The van der Waals surface area contributed by atoms with Gasteiger partial charge in [-0.15, -0.1) is 0 Å². The van der Waals surface area contributed by atoms with Crippen molar-refractivity contribution in [2.75, 3.05) is 7.11 Å². The first kappa shape index (κ1) is 21.0. The standard InChI is InChI=1S/C23H17F3N2O2S/c1-30-17-12-10-16(11-13-17)28-21(29)18-7-3-5-9-20(18)27-22(28)31-14-15-6-2-4-8-19(15)23(24,25)26/h2-13H,14H2,1H3. The first-order valence-corrected chi connectivity index (χ1v) is 10.3. The van der Waals surface area contributed by atoms with Crippen LogP contribution in [0.15, 0.2) is 82.7 Å². The van der Waals surface area contributed by atoms with Gasteiger partial charge in [-0.2, -0.15) is 13.2 Å². The molecule has 1 heterocycles. The van der Waals surface area contributed by atoms with E-state index in [9.17, 15) is 18.0 Å². The molecule has 0 fully saturated rings. The summed E-state index contributed by atoms with van der Waals surface area (Å²) < 4.78 is 46.7. The van der Waals surface area contributed by atoms with E-state index >= 15 is 0 Å². The summed E-state index contributed by atoms with van der Waals surface area (Å²) in [6, 6.07) is 19.2. The molecule has 0 unspecified atom stereocenters. The fourth-order valence-corrected chi connectivity index (χ4v) is 4.25. The Balaban J connectivity index is 1.81. The highest BCUT2D eigenvalue weighted by Crippen LogP contribution is 2.35. The number of benzene rings is 3. The summed E-state index contributed by atoms with van der Waals surface area (Å²) in [7, 11) is 1.54. The maximum absolute atomic E-state index is 13.4. The summed E-state index contributed by atoms with van der Waals surface area (Å²) in [6.45, 7) is 0. The topological polar surface area (TPSA) is 44.1 Å². The minimum Gasteiger partial charge on any atom is -0.497 e. The van der Waals surface area contributed by atoms with E-state index in [0.29, 0.717) is 27.5 Å². The third-order valence-corrected chi connectivity index (χ3v) is 5.74. The molecular formula is C23H17F3N2O2S. The first-order chi connectivity index (χ1) is 14.9. The van der Waals surface area contributed by atoms with Crippen molar-refractivity contribution in [3.05, 3.63) is 94.3 Å². The van der Waals surface area contributed by atoms with Crippen LogP contribution in [-0.4, -0.2) is 16.7 Å². The number of alkyl halides is 3. The molecule has 4 aromatic rings. The average Bonchev–Trinajstić information content (AvgIpc) is 2.77. The fourth-order valence-electron chi connectivity index (χ4n) is 3.23. The lowest BCUT2D eigenvalue weighted by Crippen LogP contribution is -2.21. The molecule has 0 N–H and O–H groups in total. The van der Waals surface area contributed by atoms with Gasteiger partial charge in [-0.1, -0.05) is 42.1 Å². The van der Waals surface area contributed by atoms with Crippen LogP contribution in [0.1, 0.15) is 11.1 Å². The molecule has 0 amide bonds. The minimum atomic E-state index is -4.45. The molecule has 4 nitrogen and oxygen atoms in total. The van der Waals surface area contributed by atoms with E-state index in [2.05, 4.69) is 4.98 Å². The van der Waals surface area contributed by atoms with Crippen molar-refractivity contribution in [1.29, 1.82) is 0 Å². The van der Waals surface area contributed by atoms with Crippen LogP contribution in [0, 0.1) is 0 Å². The molecule has 4 rings (SSSR count). The Morgan fingerprint density at radius 1 is 0.968 bits per heavy atom. The number of aromatic nitrogens is 2. The number of hydrogen-bond acceptors (Lipinski definition) is 4. The number of rotatable bonds is 5. The van der Waals surface area contributed by atoms with E-state index in [1.54, 1.807) is 54.6 Å².